The van der Waals surface area contributed by atoms with Crippen molar-refractivity contribution in [3.8, 4) is 0 Å². The second-order valence-electron chi connectivity index (χ2n) is 3.29. The van der Waals surface area contributed by atoms with E-state index in [1.54, 1.807) is 12.4 Å². The Labute approximate surface area is 100 Å². The molecule has 0 radical (unpaired) electrons. The van der Waals surface area contributed by atoms with E-state index in [-0.39, 0.29) is 18.1 Å². The van der Waals surface area contributed by atoms with E-state index in [1.807, 2.05) is 0 Å². The van der Waals surface area contributed by atoms with Crippen LogP contribution in [-0.4, -0.2) is 15.6 Å². The molecule has 3 nitrogen and oxygen atoms in total. The van der Waals surface area contributed by atoms with Crippen LogP contribution in [0.25, 0.3) is 0 Å². The van der Waals surface area contributed by atoms with E-state index >= 15 is 0 Å². The normalized spacial score (nSPS) is 10.4. The zero-order valence-electron chi connectivity index (χ0n) is 8.23. The molecular formula is C11H8BrFN2O. The summed E-state index contributed by atoms with van der Waals surface area (Å²) in [5.41, 5.74) is 0.480. The largest absolute Gasteiger partial charge is 0.292 e. The smallest absolute Gasteiger partial charge is 0.184 e. The summed E-state index contributed by atoms with van der Waals surface area (Å²) < 4.78 is 15.0. The first-order chi connectivity index (χ1) is 7.65. The maximum atomic E-state index is 12.6. The first-order valence-electron chi connectivity index (χ1n) is 4.62. The van der Waals surface area contributed by atoms with Gasteiger partial charge in [-0.25, -0.2) is 4.39 Å². The van der Waals surface area contributed by atoms with Gasteiger partial charge in [0.15, 0.2) is 5.78 Å². The van der Waals surface area contributed by atoms with Gasteiger partial charge in [-0.2, -0.15) is 5.10 Å². The van der Waals surface area contributed by atoms with E-state index in [0.29, 0.717) is 5.56 Å². The molecule has 0 spiro atoms. The second-order valence-corrected chi connectivity index (χ2v) is 4.20. The third-order valence-electron chi connectivity index (χ3n) is 2.07. The summed E-state index contributed by atoms with van der Waals surface area (Å²) in [4.78, 5) is 11.7. The van der Waals surface area contributed by atoms with Crippen LogP contribution in [0.3, 0.4) is 0 Å². The average Bonchev–Trinajstić information content (AvgIpc) is 2.65. The number of carbonyl (C=O) groups is 1. The number of benzene rings is 1. The molecule has 0 bridgehead atoms. The van der Waals surface area contributed by atoms with Gasteiger partial charge < -0.3 is 0 Å². The maximum absolute atomic E-state index is 12.6. The van der Waals surface area contributed by atoms with Crippen LogP contribution < -0.4 is 0 Å². The summed E-state index contributed by atoms with van der Waals surface area (Å²) in [6.45, 7) is 0.150. The standard InChI is InChI=1S/C11H8BrFN2O/c12-9-5-14-15(6-9)7-11(16)8-1-3-10(13)4-2-8/h1-6H,7H2. The third kappa shape index (κ3) is 2.55. The molecule has 0 aliphatic heterocycles. The van der Waals surface area contributed by atoms with Crippen LogP contribution in [0.15, 0.2) is 41.1 Å². The maximum Gasteiger partial charge on any atom is 0.184 e. The van der Waals surface area contributed by atoms with E-state index in [4.69, 9.17) is 0 Å². The van der Waals surface area contributed by atoms with Crippen molar-refractivity contribution in [3.05, 3.63) is 52.5 Å². The molecule has 2 rings (SSSR count). The third-order valence-corrected chi connectivity index (χ3v) is 2.48. The Morgan fingerprint density at radius 3 is 2.62 bits per heavy atom. The minimum atomic E-state index is -0.349. The summed E-state index contributed by atoms with van der Waals surface area (Å²) in [6, 6.07) is 5.48. The van der Waals surface area contributed by atoms with Crippen molar-refractivity contribution in [1.29, 1.82) is 0 Å². The predicted molar refractivity (Wildman–Crippen MR) is 60.7 cm³/mol. The van der Waals surface area contributed by atoms with Crippen molar-refractivity contribution in [2.75, 3.05) is 0 Å². The van der Waals surface area contributed by atoms with Crippen LogP contribution in [0.2, 0.25) is 0 Å². The molecule has 1 aromatic carbocycles. The second kappa shape index (κ2) is 4.57. The summed E-state index contributed by atoms with van der Waals surface area (Å²) >= 11 is 3.24. The van der Waals surface area contributed by atoms with E-state index in [9.17, 15) is 9.18 Å². The van der Waals surface area contributed by atoms with Crippen LogP contribution in [0.4, 0.5) is 4.39 Å². The quantitative estimate of drug-likeness (QED) is 0.812. The Kier molecular flexibility index (Phi) is 3.14. The Morgan fingerprint density at radius 2 is 2.06 bits per heavy atom. The summed E-state index contributed by atoms with van der Waals surface area (Å²) in [5.74, 6) is -0.450. The number of Topliss-reactive ketones (excluding diaryl/α,β-unsaturated/α-hetero) is 1. The first kappa shape index (κ1) is 11.0. The Morgan fingerprint density at radius 1 is 1.38 bits per heavy atom. The SMILES string of the molecule is O=C(Cn1cc(Br)cn1)c1ccc(F)cc1. The number of aromatic nitrogens is 2. The molecule has 0 atom stereocenters. The van der Waals surface area contributed by atoms with Crippen molar-refractivity contribution in [2.45, 2.75) is 6.54 Å². The molecule has 1 heterocycles. The number of carbonyl (C=O) groups excluding carboxylic acids is 1. The van der Waals surface area contributed by atoms with Crippen molar-refractivity contribution < 1.29 is 9.18 Å². The molecule has 1 aromatic heterocycles. The Balaban J connectivity index is 2.11. The number of hydrogen-bond acceptors (Lipinski definition) is 2. The van der Waals surface area contributed by atoms with Crippen molar-refractivity contribution in [3.63, 3.8) is 0 Å². The monoisotopic (exact) mass is 282 g/mol. The van der Waals surface area contributed by atoms with Gasteiger partial charge in [0.1, 0.15) is 12.4 Å². The molecule has 5 heteroatoms. The number of nitrogens with zero attached hydrogens (tertiary/aromatic N) is 2. The van der Waals surface area contributed by atoms with Gasteiger partial charge in [-0.1, -0.05) is 0 Å². The zero-order valence-corrected chi connectivity index (χ0v) is 9.82. The molecule has 0 amide bonds. The highest BCUT2D eigenvalue weighted by Crippen LogP contribution is 2.08. The van der Waals surface area contributed by atoms with Crippen LogP contribution in [0.1, 0.15) is 10.4 Å². The van der Waals surface area contributed by atoms with Crippen molar-refractivity contribution >= 4 is 21.7 Å². The zero-order chi connectivity index (χ0) is 11.5. The Hall–Kier alpha value is -1.49. The van der Waals surface area contributed by atoms with Gasteiger partial charge in [-0.15, -0.1) is 0 Å². The Bertz CT molecular complexity index is 507. The summed E-state index contributed by atoms with van der Waals surface area (Å²) in [6.07, 6.45) is 3.32. The summed E-state index contributed by atoms with van der Waals surface area (Å²) in [7, 11) is 0. The molecule has 0 aliphatic carbocycles. The topological polar surface area (TPSA) is 34.9 Å². The number of hydrogen-bond donors (Lipinski definition) is 0. The molecule has 0 saturated carbocycles. The van der Waals surface area contributed by atoms with Crippen LogP contribution in [0, 0.1) is 5.82 Å². The fraction of sp³-hybridized carbons (Fsp3) is 0.0909. The van der Waals surface area contributed by atoms with E-state index in [0.717, 1.165) is 4.47 Å². The van der Waals surface area contributed by atoms with Gasteiger partial charge >= 0.3 is 0 Å². The molecule has 16 heavy (non-hydrogen) atoms. The minimum Gasteiger partial charge on any atom is -0.292 e. The molecule has 0 unspecified atom stereocenters. The highest BCUT2D eigenvalue weighted by atomic mass is 79.9. The van der Waals surface area contributed by atoms with Gasteiger partial charge in [-0.05, 0) is 40.2 Å². The predicted octanol–water partition coefficient (Wildman–Crippen LogP) is 2.67. The lowest BCUT2D eigenvalue weighted by Gasteiger charge is -2.01. The average molecular weight is 283 g/mol. The number of halogens is 2. The van der Waals surface area contributed by atoms with Gasteiger partial charge in [-0.3, -0.25) is 9.48 Å². The lowest BCUT2D eigenvalue weighted by Crippen LogP contribution is -2.10. The van der Waals surface area contributed by atoms with Crippen LogP contribution in [0.5, 0.6) is 0 Å². The minimum absolute atomic E-state index is 0.101. The number of rotatable bonds is 3. The molecule has 0 saturated heterocycles. The fourth-order valence-corrected chi connectivity index (χ4v) is 1.63. The van der Waals surface area contributed by atoms with Gasteiger partial charge in [0.05, 0.1) is 10.7 Å². The van der Waals surface area contributed by atoms with Crippen molar-refractivity contribution in [2.24, 2.45) is 0 Å². The van der Waals surface area contributed by atoms with Gasteiger partial charge in [0, 0.05) is 11.8 Å². The van der Waals surface area contributed by atoms with Gasteiger partial charge in [0.2, 0.25) is 0 Å². The van der Waals surface area contributed by atoms with Crippen LogP contribution in [-0.2, 0) is 6.54 Å². The molecule has 0 N–H and O–H groups in total. The molecular weight excluding hydrogens is 275 g/mol. The highest BCUT2D eigenvalue weighted by Gasteiger charge is 2.07. The van der Waals surface area contributed by atoms with Crippen LogP contribution >= 0.6 is 15.9 Å². The van der Waals surface area contributed by atoms with E-state index in [2.05, 4.69) is 21.0 Å². The number of ketones is 1. The highest BCUT2D eigenvalue weighted by molar-refractivity contribution is 9.10. The lowest BCUT2D eigenvalue weighted by molar-refractivity contribution is 0.0967. The van der Waals surface area contributed by atoms with Crippen molar-refractivity contribution in [1.82, 2.24) is 9.78 Å². The van der Waals surface area contributed by atoms with E-state index < -0.39 is 0 Å². The fourth-order valence-electron chi connectivity index (χ4n) is 1.30. The van der Waals surface area contributed by atoms with E-state index in [1.165, 1.54) is 28.9 Å². The first-order valence-corrected chi connectivity index (χ1v) is 5.41. The molecule has 2 aromatic rings. The summed E-state index contributed by atoms with van der Waals surface area (Å²) in [5, 5.41) is 3.97. The van der Waals surface area contributed by atoms with Gasteiger partial charge in [0.25, 0.3) is 0 Å². The molecule has 0 aliphatic rings. The molecule has 82 valence electrons. The lowest BCUT2D eigenvalue weighted by atomic mass is 10.1. The molecule has 0 fully saturated rings.